The van der Waals surface area contributed by atoms with E-state index in [1.165, 1.54) is 12.1 Å². The number of aromatic nitrogens is 1. The standard InChI is InChI=1S/C22H23FN4O/c1-27(2)20-10-7-18(8-11-20)26-19-9-12-21(25-15-19)22(28)24-14-13-16-3-5-17(23)6-4-16/h3-12,15,26H,13-14H2,1-2H3,(H,24,28). The van der Waals surface area contributed by atoms with E-state index in [4.69, 9.17) is 0 Å². The van der Waals surface area contributed by atoms with Gasteiger partial charge in [0.2, 0.25) is 0 Å². The second-order valence-electron chi connectivity index (χ2n) is 6.63. The van der Waals surface area contributed by atoms with Gasteiger partial charge in [0.25, 0.3) is 5.91 Å². The number of hydrogen-bond donors (Lipinski definition) is 2. The summed E-state index contributed by atoms with van der Waals surface area (Å²) in [6.45, 7) is 0.463. The molecule has 1 aromatic heterocycles. The normalized spacial score (nSPS) is 10.4. The van der Waals surface area contributed by atoms with E-state index in [0.717, 1.165) is 22.6 Å². The fourth-order valence-electron chi connectivity index (χ4n) is 2.67. The Kier molecular flexibility index (Phi) is 6.22. The Labute approximate surface area is 164 Å². The van der Waals surface area contributed by atoms with E-state index in [0.29, 0.717) is 18.7 Å². The summed E-state index contributed by atoms with van der Waals surface area (Å²) >= 11 is 0. The molecule has 3 rings (SSSR count). The van der Waals surface area contributed by atoms with Crippen molar-refractivity contribution < 1.29 is 9.18 Å². The van der Waals surface area contributed by atoms with Gasteiger partial charge >= 0.3 is 0 Å². The SMILES string of the molecule is CN(C)c1ccc(Nc2ccc(C(=O)NCCc3ccc(F)cc3)nc2)cc1. The average molecular weight is 378 g/mol. The van der Waals surface area contributed by atoms with Gasteiger partial charge in [-0.1, -0.05) is 12.1 Å². The number of benzene rings is 2. The maximum absolute atomic E-state index is 12.9. The molecule has 0 bridgehead atoms. The molecule has 0 saturated heterocycles. The lowest BCUT2D eigenvalue weighted by atomic mass is 10.1. The van der Waals surface area contributed by atoms with Gasteiger partial charge in [0.05, 0.1) is 11.9 Å². The molecule has 2 aromatic carbocycles. The van der Waals surface area contributed by atoms with Gasteiger partial charge in [-0.15, -0.1) is 0 Å². The molecule has 0 spiro atoms. The van der Waals surface area contributed by atoms with Crippen LogP contribution in [0.2, 0.25) is 0 Å². The van der Waals surface area contributed by atoms with E-state index >= 15 is 0 Å². The summed E-state index contributed by atoms with van der Waals surface area (Å²) in [6.07, 6.45) is 2.27. The lowest BCUT2D eigenvalue weighted by Crippen LogP contribution is -2.26. The molecule has 0 aliphatic rings. The molecule has 144 valence electrons. The first-order chi connectivity index (χ1) is 13.5. The second kappa shape index (κ2) is 8.99. The second-order valence-corrected chi connectivity index (χ2v) is 6.63. The van der Waals surface area contributed by atoms with E-state index in [2.05, 4.69) is 15.6 Å². The molecular formula is C22H23FN4O. The number of nitrogens with zero attached hydrogens (tertiary/aromatic N) is 2. The fraction of sp³-hybridized carbons (Fsp3) is 0.182. The minimum absolute atomic E-state index is 0.232. The Hall–Kier alpha value is -3.41. The molecule has 0 unspecified atom stereocenters. The summed E-state index contributed by atoms with van der Waals surface area (Å²) in [5, 5.41) is 6.09. The van der Waals surface area contributed by atoms with Crippen molar-refractivity contribution in [2.75, 3.05) is 30.9 Å². The van der Waals surface area contributed by atoms with Crippen LogP contribution in [0.3, 0.4) is 0 Å². The highest BCUT2D eigenvalue weighted by Gasteiger charge is 2.07. The highest BCUT2D eigenvalue weighted by molar-refractivity contribution is 5.92. The predicted molar refractivity (Wildman–Crippen MR) is 111 cm³/mol. The monoisotopic (exact) mass is 378 g/mol. The summed E-state index contributed by atoms with van der Waals surface area (Å²) in [5.41, 5.74) is 4.20. The zero-order valence-electron chi connectivity index (χ0n) is 15.9. The van der Waals surface area contributed by atoms with Gasteiger partial charge in [-0.3, -0.25) is 4.79 Å². The summed E-state index contributed by atoms with van der Waals surface area (Å²) in [6, 6.07) is 17.8. The minimum atomic E-state index is -0.265. The van der Waals surface area contributed by atoms with Crippen LogP contribution in [-0.4, -0.2) is 31.5 Å². The van der Waals surface area contributed by atoms with Crippen molar-refractivity contribution in [3.63, 3.8) is 0 Å². The molecule has 0 fully saturated rings. The average Bonchev–Trinajstić information content (AvgIpc) is 2.70. The highest BCUT2D eigenvalue weighted by Crippen LogP contribution is 2.19. The molecule has 0 radical (unpaired) electrons. The first-order valence-corrected chi connectivity index (χ1v) is 9.04. The molecule has 2 N–H and O–H groups in total. The van der Waals surface area contributed by atoms with Crippen LogP contribution in [0.15, 0.2) is 66.9 Å². The molecule has 0 aliphatic carbocycles. The lowest BCUT2D eigenvalue weighted by molar-refractivity contribution is 0.0949. The summed E-state index contributed by atoms with van der Waals surface area (Å²) < 4.78 is 12.9. The number of carbonyl (C=O) groups is 1. The highest BCUT2D eigenvalue weighted by atomic mass is 19.1. The van der Waals surface area contributed by atoms with Crippen LogP contribution in [-0.2, 0) is 6.42 Å². The van der Waals surface area contributed by atoms with Crippen molar-refractivity contribution in [2.45, 2.75) is 6.42 Å². The first-order valence-electron chi connectivity index (χ1n) is 9.04. The van der Waals surface area contributed by atoms with Crippen LogP contribution < -0.4 is 15.5 Å². The first kappa shape index (κ1) is 19.4. The zero-order chi connectivity index (χ0) is 19.9. The number of carbonyl (C=O) groups excluding carboxylic acids is 1. The molecule has 28 heavy (non-hydrogen) atoms. The molecular weight excluding hydrogens is 355 g/mol. The Morgan fingerprint density at radius 1 is 0.964 bits per heavy atom. The summed E-state index contributed by atoms with van der Waals surface area (Å²) in [4.78, 5) is 18.5. The number of halogens is 1. The van der Waals surface area contributed by atoms with E-state index in [1.807, 2.05) is 49.3 Å². The number of nitrogens with one attached hydrogen (secondary N) is 2. The van der Waals surface area contributed by atoms with Crippen LogP contribution in [0.1, 0.15) is 16.1 Å². The van der Waals surface area contributed by atoms with Crippen molar-refractivity contribution in [1.29, 1.82) is 0 Å². The smallest absolute Gasteiger partial charge is 0.269 e. The van der Waals surface area contributed by atoms with Gasteiger partial charge < -0.3 is 15.5 Å². The molecule has 0 atom stereocenters. The van der Waals surface area contributed by atoms with Gasteiger partial charge in [-0.2, -0.15) is 0 Å². The third kappa shape index (κ3) is 5.30. The van der Waals surface area contributed by atoms with Gasteiger partial charge in [0.1, 0.15) is 11.5 Å². The largest absolute Gasteiger partial charge is 0.378 e. The fourth-order valence-corrected chi connectivity index (χ4v) is 2.67. The predicted octanol–water partition coefficient (Wildman–Crippen LogP) is 4.00. The Balaban J connectivity index is 1.51. The molecule has 5 nitrogen and oxygen atoms in total. The maximum atomic E-state index is 12.9. The molecule has 0 saturated carbocycles. The zero-order valence-corrected chi connectivity index (χ0v) is 15.9. The Bertz CT molecular complexity index is 907. The summed E-state index contributed by atoms with van der Waals surface area (Å²) in [5.74, 6) is -0.497. The van der Waals surface area contributed by atoms with Crippen LogP contribution in [0.25, 0.3) is 0 Å². The van der Waals surface area contributed by atoms with Crippen LogP contribution in [0.4, 0.5) is 21.5 Å². The van der Waals surface area contributed by atoms with Crippen molar-refractivity contribution in [2.24, 2.45) is 0 Å². The topological polar surface area (TPSA) is 57.3 Å². The number of rotatable bonds is 7. The minimum Gasteiger partial charge on any atom is -0.378 e. The van der Waals surface area contributed by atoms with Crippen molar-refractivity contribution >= 4 is 23.0 Å². The molecule has 1 amide bonds. The van der Waals surface area contributed by atoms with Crippen LogP contribution >= 0.6 is 0 Å². The third-order valence-electron chi connectivity index (χ3n) is 4.28. The molecule has 6 heteroatoms. The Morgan fingerprint density at radius 3 is 2.25 bits per heavy atom. The number of amides is 1. The van der Waals surface area contributed by atoms with Crippen molar-refractivity contribution in [3.05, 3.63) is 83.9 Å². The van der Waals surface area contributed by atoms with Gasteiger partial charge in [-0.25, -0.2) is 9.37 Å². The Morgan fingerprint density at radius 2 is 1.64 bits per heavy atom. The van der Waals surface area contributed by atoms with Crippen LogP contribution in [0, 0.1) is 5.82 Å². The van der Waals surface area contributed by atoms with E-state index < -0.39 is 0 Å². The molecule has 0 aliphatic heterocycles. The molecule has 1 heterocycles. The number of anilines is 3. The maximum Gasteiger partial charge on any atom is 0.269 e. The quantitative estimate of drug-likeness (QED) is 0.652. The van der Waals surface area contributed by atoms with E-state index in [-0.39, 0.29) is 11.7 Å². The van der Waals surface area contributed by atoms with Crippen molar-refractivity contribution in [3.8, 4) is 0 Å². The lowest BCUT2D eigenvalue weighted by Gasteiger charge is -2.13. The van der Waals surface area contributed by atoms with E-state index in [9.17, 15) is 9.18 Å². The van der Waals surface area contributed by atoms with Gasteiger partial charge in [-0.05, 0) is 60.5 Å². The van der Waals surface area contributed by atoms with E-state index in [1.54, 1.807) is 24.4 Å². The van der Waals surface area contributed by atoms with Gasteiger partial charge in [0.15, 0.2) is 0 Å². The molecule has 3 aromatic rings. The van der Waals surface area contributed by atoms with Crippen LogP contribution in [0.5, 0.6) is 0 Å². The third-order valence-corrected chi connectivity index (χ3v) is 4.28. The summed E-state index contributed by atoms with van der Waals surface area (Å²) in [7, 11) is 3.99. The number of hydrogen-bond acceptors (Lipinski definition) is 4. The van der Waals surface area contributed by atoms with Gasteiger partial charge in [0, 0.05) is 32.0 Å². The number of pyridine rings is 1. The van der Waals surface area contributed by atoms with Crippen molar-refractivity contribution in [1.82, 2.24) is 10.3 Å².